The zero-order valence-corrected chi connectivity index (χ0v) is 22.9. The van der Waals surface area contributed by atoms with Crippen LogP contribution in [0.4, 0.5) is 0 Å². The number of rotatable bonds is 13. The number of epoxide rings is 1. The number of aromatic nitrogens is 1. The standard InChI is InChI=1S/C30H35N3O6/c1-5-6-7-8-9-29(32-39-22(4)35)28-17-33(24-12-10-23(11-13-24)20(2)31-38-21(3)34)30-15-14-25(16-27(28)30)36-18-26-19-37-26/h10-17,26H,5-9,18-19H2,1-4H3/b31-20+,32-29+. The van der Waals surface area contributed by atoms with Crippen molar-refractivity contribution in [1.29, 1.82) is 0 Å². The molecule has 1 unspecified atom stereocenters. The molecule has 1 aliphatic heterocycles. The monoisotopic (exact) mass is 533 g/mol. The average molecular weight is 534 g/mol. The SMILES string of the molecule is CCCCCC/C(=N\OC(C)=O)c1cn(-c2ccc(/C(C)=N/OC(C)=O)cc2)c2ccc(OCC3CO3)cc12. The number of ether oxygens (including phenoxy) is 2. The molecule has 1 atom stereocenters. The summed E-state index contributed by atoms with van der Waals surface area (Å²) in [5.41, 5.74) is 4.92. The molecule has 1 aromatic heterocycles. The highest BCUT2D eigenvalue weighted by molar-refractivity contribution is 6.11. The Kier molecular flexibility index (Phi) is 9.49. The maximum absolute atomic E-state index is 11.6. The molecule has 39 heavy (non-hydrogen) atoms. The van der Waals surface area contributed by atoms with Crippen molar-refractivity contribution in [2.24, 2.45) is 10.3 Å². The predicted octanol–water partition coefficient (Wildman–Crippen LogP) is 5.93. The molecule has 2 aromatic carbocycles. The van der Waals surface area contributed by atoms with Crippen molar-refractivity contribution < 1.29 is 28.7 Å². The maximum Gasteiger partial charge on any atom is 0.331 e. The van der Waals surface area contributed by atoms with Gasteiger partial charge >= 0.3 is 11.9 Å². The van der Waals surface area contributed by atoms with Crippen molar-refractivity contribution in [1.82, 2.24) is 4.57 Å². The Hall–Kier alpha value is -3.98. The molecule has 3 aromatic rings. The minimum absolute atomic E-state index is 0.149. The van der Waals surface area contributed by atoms with Gasteiger partial charge < -0.3 is 23.7 Å². The molecule has 0 spiro atoms. The fourth-order valence-corrected chi connectivity index (χ4v) is 4.21. The molecule has 1 saturated heterocycles. The summed E-state index contributed by atoms with van der Waals surface area (Å²) in [4.78, 5) is 32.6. The van der Waals surface area contributed by atoms with E-state index in [0.717, 1.165) is 65.8 Å². The van der Waals surface area contributed by atoms with Crippen molar-refractivity contribution in [3.05, 3.63) is 59.8 Å². The Balaban J connectivity index is 1.73. The van der Waals surface area contributed by atoms with Crippen molar-refractivity contribution in [2.75, 3.05) is 13.2 Å². The molecular formula is C30H35N3O6. The van der Waals surface area contributed by atoms with E-state index in [0.29, 0.717) is 24.5 Å². The number of carbonyl (C=O) groups excluding carboxylic acids is 2. The first-order chi connectivity index (χ1) is 18.9. The van der Waals surface area contributed by atoms with Crippen LogP contribution in [0, 0.1) is 0 Å². The molecule has 1 aliphatic rings. The summed E-state index contributed by atoms with van der Waals surface area (Å²) in [6.07, 6.45) is 7.12. The van der Waals surface area contributed by atoms with Gasteiger partial charge in [-0.25, -0.2) is 9.59 Å². The highest BCUT2D eigenvalue weighted by atomic mass is 16.7. The summed E-state index contributed by atoms with van der Waals surface area (Å²) >= 11 is 0. The van der Waals surface area contributed by atoms with E-state index in [2.05, 4.69) is 21.8 Å². The second-order valence-corrected chi connectivity index (χ2v) is 9.60. The molecule has 9 nitrogen and oxygen atoms in total. The Morgan fingerprint density at radius 3 is 2.36 bits per heavy atom. The van der Waals surface area contributed by atoms with Gasteiger partial charge in [0.25, 0.3) is 0 Å². The molecule has 0 radical (unpaired) electrons. The lowest BCUT2D eigenvalue weighted by Crippen LogP contribution is -2.05. The normalized spacial score (nSPS) is 15.3. The Bertz CT molecular complexity index is 1370. The van der Waals surface area contributed by atoms with E-state index in [4.69, 9.17) is 19.1 Å². The number of fused-ring (bicyclic) bond motifs is 1. The Labute approximate surface area is 228 Å². The number of benzene rings is 2. The fourth-order valence-electron chi connectivity index (χ4n) is 4.21. The van der Waals surface area contributed by atoms with E-state index < -0.39 is 11.9 Å². The average Bonchev–Trinajstić information content (AvgIpc) is 3.69. The van der Waals surface area contributed by atoms with Crippen LogP contribution in [-0.4, -0.2) is 47.2 Å². The summed E-state index contributed by atoms with van der Waals surface area (Å²) in [5, 5.41) is 9.09. The smallest absolute Gasteiger partial charge is 0.331 e. The van der Waals surface area contributed by atoms with Crippen LogP contribution in [0.15, 0.2) is 59.0 Å². The largest absolute Gasteiger partial charge is 0.491 e. The van der Waals surface area contributed by atoms with Gasteiger partial charge in [-0.3, -0.25) is 0 Å². The molecule has 206 valence electrons. The van der Waals surface area contributed by atoms with E-state index in [9.17, 15) is 9.59 Å². The van der Waals surface area contributed by atoms with Crippen molar-refractivity contribution >= 4 is 34.3 Å². The molecule has 0 saturated carbocycles. The highest BCUT2D eigenvalue weighted by Crippen LogP contribution is 2.31. The van der Waals surface area contributed by atoms with Crippen LogP contribution < -0.4 is 4.74 Å². The number of nitrogens with zero attached hydrogens (tertiary/aromatic N) is 3. The quantitative estimate of drug-likeness (QED) is 0.0886. The lowest BCUT2D eigenvalue weighted by atomic mass is 10.0. The summed E-state index contributed by atoms with van der Waals surface area (Å²) in [6, 6.07) is 13.8. The summed E-state index contributed by atoms with van der Waals surface area (Å²) in [5.74, 6) is -0.187. The molecule has 0 amide bonds. The van der Waals surface area contributed by atoms with Crippen LogP contribution >= 0.6 is 0 Å². The van der Waals surface area contributed by atoms with Crippen molar-refractivity contribution in [3.8, 4) is 11.4 Å². The van der Waals surface area contributed by atoms with E-state index in [1.807, 2.05) is 48.7 Å². The first kappa shape index (κ1) is 28.0. The van der Waals surface area contributed by atoms with Gasteiger partial charge in [-0.2, -0.15) is 0 Å². The lowest BCUT2D eigenvalue weighted by Gasteiger charge is -2.08. The number of hydrogen-bond donors (Lipinski definition) is 0. The van der Waals surface area contributed by atoms with Gasteiger partial charge in [0.1, 0.15) is 18.5 Å². The fraction of sp³-hybridized carbons (Fsp3) is 0.400. The zero-order valence-electron chi connectivity index (χ0n) is 22.9. The van der Waals surface area contributed by atoms with Gasteiger partial charge in [0.15, 0.2) is 0 Å². The van der Waals surface area contributed by atoms with Gasteiger partial charge in [-0.05, 0) is 55.7 Å². The van der Waals surface area contributed by atoms with Crippen LogP contribution in [0.1, 0.15) is 70.9 Å². The first-order valence-electron chi connectivity index (χ1n) is 13.3. The second kappa shape index (κ2) is 13.2. The summed E-state index contributed by atoms with van der Waals surface area (Å²) in [6.45, 7) is 7.84. The molecular weight excluding hydrogens is 498 g/mol. The molecule has 1 fully saturated rings. The van der Waals surface area contributed by atoms with E-state index in [-0.39, 0.29) is 6.10 Å². The van der Waals surface area contributed by atoms with Gasteiger partial charge in [-0.15, -0.1) is 0 Å². The van der Waals surface area contributed by atoms with Crippen molar-refractivity contribution in [2.45, 2.75) is 65.9 Å². The van der Waals surface area contributed by atoms with E-state index in [1.165, 1.54) is 13.8 Å². The third kappa shape index (κ3) is 7.77. The van der Waals surface area contributed by atoms with Crippen LogP contribution in [0.25, 0.3) is 16.6 Å². The minimum atomic E-state index is -0.466. The van der Waals surface area contributed by atoms with E-state index in [1.54, 1.807) is 6.92 Å². The van der Waals surface area contributed by atoms with Crippen LogP contribution in [0.2, 0.25) is 0 Å². The van der Waals surface area contributed by atoms with Gasteiger partial charge in [-0.1, -0.05) is 48.6 Å². The van der Waals surface area contributed by atoms with E-state index >= 15 is 0 Å². The summed E-state index contributed by atoms with van der Waals surface area (Å²) < 4.78 is 13.3. The number of oxime groups is 2. The van der Waals surface area contributed by atoms with Crippen molar-refractivity contribution in [3.63, 3.8) is 0 Å². The topological polar surface area (TPSA) is 104 Å². The summed E-state index contributed by atoms with van der Waals surface area (Å²) in [7, 11) is 0. The third-order valence-corrected chi connectivity index (χ3v) is 6.35. The molecule has 4 rings (SSSR count). The Morgan fingerprint density at radius 2 is 1.69 bits per heavy atom. The highest BCUT2D eigenvalue weighted by Gasteiger charge is 2.23. The molecule has 0 aliphatic carbocycles. The van der Waals surface area contributed by atoms with Crippen LogP contribution in [0.3, 0.4) is 0 Å². The van der Waals surface area contributed by atoms with Gasteiger partial charge in [0.05, 0.1) is 23.5 Å². The zero-order chi connectivity index (χ0) is 27.8. The second-order valence-electron chi connectivity index (χ2n) is 9.60. The molecule has 2 heterocycles. The first-order valence-corrected chi connectivity index (χ1v) is 13.3. The minimum Gasteiger partial charge on any atom is -0.491 e. The number of unbranched alkanes of at least 4 members (excludes halogenated alkanes) is 3. The Morgan fingerprint density at radius 1 is 0.974 bits per heavy atom. The number of hydrogen-bond acceptors (Lipinski definition) is 8. The number of carbonyl (C=O) groups is 2. The van der Waals surface area contributed by atoms with Gasteiger partial charge in [0.2, 0.25) is 0 Å². The predicted molar refractivity (Wildman–Crippen MR) is 150 cm³/mol. The van der Waals surface area contributed by atoms with Gasteiger partial charge in [0, 0.05) is 36.7 Å². The maximum atomic E-state index is 11.6. The van der Waals surface area contributed by atoms with Crippen LogP contribution in [0.5, 0.6) is 5.75 Å². The molecule has 0 bridgehead atoms. The molecule has 9 heteroatoms. The molecule has 0 N–H and O–H groups in total. The third-order valence-electron chi connectivity index (χ3n) is 6.35. The van der Waals surface area contributed by atoms with Crippen LogP contribution in [-0.2, 0) is 24.0 Å². The lowest BCUT2D eigenvalue weighted by molar-refractivity contribution is -0.141.